The Morgan fingerprint density at radius 2 is 2.17 bits per heavy atom. The molecule has 0 amide bonds. The molecule has 0 aliphatic heterocycles. The molecule has 7 heteroatoms. The van der Waals surface area contributed by atoms with Crippen molar-refractivity contribution in [2.24, 2.45) is 5.92 Å². The van der Waals surface area contributed by atoms with Crippen LogP contribution in [0.2, 0.25) is 5.15 Å². The maximum atomic E-state index is 12.5. The van der Waals surface area contributed by atoms with Gasteiger partial charge in [0.25, 0.3) is 0 Å². The van der Waals surface area contributed by atoms with Crippen LogP contribution in [0.25, 0.3) is 0 Å². The Morgan fingerprint density at radius 3 is 2.72 bits per heavy atom. The van der Waals surface area contributed by atoms with Gasteiger partial charge in [-0.25, -0.2) is 13.4 Å². The second-order valence-corrected chi connectivity index (χ2v) is 7.78. The summed E-state index contributed by atoms with van der Waals surface area (Å²) in [5.41, 5.74) is 0. The van der Waals surface area contributed by atoms with E-state index in [0.717, 1.165) is 12.8 Å². The summed E-state index contributed by atoms with van der Waals surface area (Å²) in [6.45, 7) is 1.93. The van der Waals surface area contributed by atoms with Crippen LogP contribution in [0.5, 0.6) is 0 Å². The summed E-state index contributed by atoms with van der Waals surface area (Å²) < 4.78 is 26.9. The summed E-state index contributed by atoms with van der Waals surface area (Å²) in [6.07, 6.45) is 3.66. The summed E-state index contributed by atoms with van der Waals surface area (Å²) in [5, 5.41) is 0.00745. The third kappa shape index (κ3) is 2.71. The summed E-state index contributed by atoms with van der Waals surface area (Å²) in [6, 6.07) is 1.48. The highest BCUT2D eigenvalue weighted by atomic mass is 79.9. The quantitative estimate of drug-likeness (QED) is 0.782. The molecule has 0 aromatic carbocycles. The Balaban J connectivity index is 2.37. The van der Waals surface area contributed by atoms with Crippen molar-refractivity contribution in [1.29, 1.82) is 0 Å². The van der Waals surface area contributed by atoms with Gasteiger partial charge in [-0.3, -0.25) is 0 Å². The fourth-order valence-electron chi connectivity index (χ4n) is 1.83. The van der Waals surface area contributed by atoms with Crippen LogP contribution in [0.15, 0.2) is 21.6 Å². The van der Waals surface area contributed by atoms with Gasteiger partial charge in [-0.1, -0.05) is 11.6 Å². The summed E-state index contributed by atoms with van der Waals surface area (Å²) >= 11 is 9.10. The van der Waals surface area contributed by atoms with Crippen LogP contribution in [0.1, 0.15) is 19.8 Å². The van der Waals surface area contributed by atoms with Crippen LogP contribution < -0.4 is 0 Å². The van der Waals surface area contributed by atoms with E-state index < -0.39 is 10.0 Å². The van der Waals surface area contributed by atoms with Crippen molar-refractivity contribution in [3.8, 4) is 0 Å². The number of sulfonamides is 1. The van der Waals surface area contributed by atoms with Gasteiger partial charge in [0.1, 0.15) is 10.0 Å². The molecule has 4 nitrogen and oxygen atoms in total. The zero-order chi connectivity index (χ0) is 13.5. The largest absolute Gasteiger partial charge is 0.246 e. The molecule has 100 valence electrons. The first kappa shape index (κ1) is 14.2. The Bertz CT molecular complexity index is 560. The maximum Gasteiger partial charge on any atom is 0.246 e. The van der Waals surface area contributed by atoms with Crippen LogP contribution in [0, 0.1) is 5.92 Å². The minimum absolute atomic E-state index is 0.00745. The fraction of sp³-hybridized carbons (Fsp3) is 0.545. The Kier molecular flexibility index (Phi) is 4.02. The Labute approximate surface area is 121 Å². The first-order valence-corrected chi connectivity index (χ1v) is 8.24. The van der Waals surface area contributed by atoms with Crippen molar-refractivity contribution in [3.05, 3.63) is 21.9 Å². The van der Waals surface area contributed by atoms with Crippen molar-refractivity contribution in [1.82, 2.24) is 9.29 Å². The van der Waals surface area contributed by atoms with Gasteiger partial charge in [-0.15, -0.1) is 0 Å². The van der Waals surface area contributed by atoms with Gasteiger partial charge in [-0.2, -0.15) is 4.31 Å². The molecule has 1 aliphatic rings. The highest BCUT2D eigenvalue weighted by Gasteiger charge is 2.37. The molecular formula is C11H14BrClN2O2S. The van der Waals surface area contributed by atoms with Gasteiger partial charge < -0.3 is 0 Å². The minimum atomic E-state index is -3.59. The van der Waals surface area contributed by atoms with E-state index in [1.165, 1.54) is 16.6 Å². The van der Waals surface area contributed by atoms with Gasteiger partial charge >= 0.3 is 0 Å². The van der Waals surface area contributed by atoms with Crippen molar-refractivity contribution < 1.29 is 8.42 Å². The van der Waals surface area contributed by atoms with E-state index in [2.05, 4.69) is 20.9 Å². The lowest BCUT2D eigenvalue weighted by atomic mass is 10.2. The molecule has 2 rings (SSSR count). The number of hydrogen-bond acceptors (Lipinski definition) is 3. The lowest BCUT2D eigenvalue weighted by molar-refractivity contribution is 0.357. The highest BCUT2D eigenvalue weighted by molar-refractivity contribution is 9.10. The second kappa shape index (κ2) is 5.07. The molecule has 1 fully saturated rings. The van der Waals surface area contributed by atoms with Gasteiger partial charge in [0, 0.05) is 23.8 Å². The van der Waals surface area contributed by atoms with Crippen molar-refractivity contribution >= 4 is 37.6 Å². The molecule has 1 atom stereocenters. The van der Waals surface area contributed by atoms with Crippen molar-refractivity contribution in [2.75, 3.05) is 7.05 Å². The Hall–Kier alpha value is -0.170. The molecule has 0 saturated heterocycles. The number of aromatic nitrogens is 1. The maximum absolute atomic E-state index is 12.5. The summed E-state index contributed by atoms with van der Waals surface area (Å²) in [4.78, 5) is 3.91. The average Bonchev–Trinajstić information content (AvgIpc) is 3.14. The summed E-state index contributed by atoms with van der Waals surface area (Å²) in [7, 11) is -1.99. The lowest BCUT2D eigenvalue weighted by Gasteiger charge is -2.24. The third-order valence-electron chi connectivity index (χ3n) is 3.31. The van der Waals surface area contributed by atoms with E-state index >= 15 is 0 Å². The molecule has 0 spiro atoms. The first-order chi connectivity index (χ1) is 8.34. The molecule has 0 N–H and O–H groups in total. The number of hydrogen-bond donors (Lipinski definition) is 0. The van der Waals surface area contributed by atoms with Gasteiger partial charge in [0.05, 0.1) is 0 Å². The van der Waals surface area contributed by atoms with E-state index in [1.807, 2.05) is 6.92 Å². The predicted molar refractivity (Wildman–Crippen MR) is 74.1 cm³/mol. The normalized spacial score (nSPS) is 18.1. The first-order valence-electron chi connectivity index (χ1n) is 5.63. The topological polar surface area (TPSA) is 50.3 Å². The molecule has 1 saturated carbocycles. The number of rotatable bonds is 4. The smallest absolute Gasteiger partial charge is 0.242 e. The number of halogens is 2. The second-order valence-electron chi connectivity index (χ2n) is 4.54. The van der Waals surface area contributed by atoms with E-state index in [4.69, 9.17) is 11.6 Å². The van der Waals surface area contributed by atoms with Crippen LogP contribution in [0.3, 0.4) is 0 Å². The molecule has 0 radical (unpaired) electrons. The van der Waals surface area contributed by atoms with Crippen LogP contribution in [-0.2, 0) is 10.0 Å². The third-order valence-corrected chi connectivity index (χ3v) is 6.11. The van der Waals surface area contributed by atoms with E-state index in [-0.39, 0.29) is 16.1 Å². The molecule has 18 heavy (non-hydrogen) atoms. The van der Waals surface area contributed by atoms with E-state index in [9.17, 15) is 8.42 Å². The molecule has 1 heterocycles. The minimum Gasteiger partial charge on any atom is -0.242 e. The van der Waals surface area contributed by atoms with Crippen LogP contribution in [0.4, 0.5) is 0 Å². The molecule has 1 unspecified atom stereocenters. The van der Waals surface area contributed by atoms with Gasteiger partial charge in [0.2, 0.25) is 10.0 Å². The van der Waals surface area contributed by atoms with Gasteiger partial charge in [0.15, 0.2) is 0 Å². The fourth-order valence-corrected chi connectivity index (χ4v) is 4.17. The zero-order valence-electron chi connectivity index (χ0n) is 10.1. The van der Waals surface area contributed by atoms with Crippen molar-refractivity contribution in [3.63, 3.8) is 0 Å². The predicted octanol–water partition coefficient (Wildman–Crippen LogP) is 2.92. The Morgan fingerprint density at radius 1 is 1.56 bits per heavy atom. The monoisotopic (exact) mass is 352 g/mol. The number of nitrogens with zero attached hydrogens (tertiary/aromatic N) is 2. The molecule has 1 aromatic heterocycles. The molecule has 1 aliphatic carbocycles. The SMILES string of the molecule is CC(C1CC1)N(C)S(=O)(=O)c1cc(Br)cnc1Cl. The lowest BCUT2D eigenvalue weighted by Crippen LogP contribution is -2.36. The number of pyridine rings is 1. The van der Waals surface area contributed by atoms with E-state index in [1.54, 1.807) is 7.05 Å². The standard InChI is InChI=1S/C11H14BrClN2O2S/c1-7(8-3-4-8)15(2)18(16,17)10-5-9(12)6-14-11(10)13/h5-8H,3-4H2,1-2H3. The zero-order valence-corrected chi connectivity index (χ0v) is 13.3. The highest BCUT2D eigenvalue weighted by Crippen LogP contribution is 2.37. The molecule has 1 aromatic rings. The summed E-state index contributed by atoms with van der Waals surface area (Å²) in [5.74, 6) is 0.462. The van der Waals surface area contributed by atoms with Gasteiger partial charge in [-0.05, 0) is 47.7 Å². The molecular weight excluding hydrogens is 340 g/mol. The molecule has 0 bridgehead atoms. The van der Waals surface area contributed by atoms with Crippen LogP contribution >= 0.6 is 27.5 Å². The van der Waals surface area contributed by atoms with Crippen molar-refractivity contribution in [2.45, 2.75) is 30.7 Å². The van der Waals surface area contributed by atoms with E-state index in [0.29, 0.717) is 10.4 Å². The average molecular weight is 354 g/mol. The van der Waals surface area contributed by atoms with Crippen LogP contribution in [-0.4, -0.2) is 30.8 Å².